The Balaban J connectivity index is 1.69. The van der Waals surface area contributed by atoms with Crippen LogP contribution in [0.25, 0.3) is 0 Å². The van der Waals surface area contributed by atoms with Gasteiger partial charge in [0.05, 0.1) is 0 Å². The Morgan fingerprint density at radius 1 is 1.21 bits per heavy atom. The van der Waals surface area contributed by atoms with Crippen molar-refractivity contribution in [2.75, 3.05) is 26.2 Å². The van der Waals surface area contributed by atoms with Crippen molar-refractivity contribution in [1.29, 1.82) is 0 Å². The van der Waals surface area contributed by atoms with Crippen molar-refractivity contribution >= 4 is 6.09 Å². The second-order valence-electron chi connectivity index (χ2n) is 5.45. The van der Waals surface area contributed by atoms with Crippen molar-refractivity contribution in [2.24, 2.45) is 0 Å². The fourth-order valence-corrected chi connectivity index (χ4v) is 2.96. The second-order valence-corrected chi connectivity index (χ2v) is 5.45. The lowest BCUT2D eigenvalue weighted by Crippen LogP contribution is -2.43. The number of fused-ring (bicyclic) bond motifs is 4. The highest BCUT2D eigenvalue weighted by molar-refractivity contribution is 5.71. The fraction of sp³-hybridized carbons (Fsp3) is 0.533. The maximum absolute atomic E-state index is 12.3. The molecule has 4 rings (SSSR count). The van der Waals surface area contributed by atoms with Gasteiger partial charge >= 0.3 is 6.09 Å². The van der Waals surface area contributed by atoms with Gasteiger partial charge in [-0.3, -0.25) is 0 Å². The lowest BCUT2D eigenvalue weighted by molar-refractivity contribution is 0.131. The van der Waals surface area contributed by atoms with Gasteiger partial charge in [0.25, 0.3) is 0 Å². The van der Waals surface area contributed by atoms with E-state index in [0.29, 0.717) is 11.8 Å². The Morgan fingerprint density at radius 2 is 2.00 bits per heavy atom. The van der Waals surface area contributed by atoms with Crippen LogP contribution in [0.3, 0.4) is 0 Å². The Hall–Kier alpha value is -1.55. The van der Waals surface area contributed by atoms with Crippen LogP contribution >= 0.6 is 0 Å². The van der Waals surface area contributed by atoms with Crippen molar-refractivity contribution in [2.45, 2.75) is 25.8 Å². The highest BCUT2D eigenvalue weighted by Crippen LogP contribution is 2.22. The first kappa shape index (κ1) is 12.5. The van der Waals surface area contributed by atoms with Gasteiger partial charge in [0, 0.05) is 32.2 Å². The van der Waals surface area contributed by atoms with Crippen molar-refractivity contribution < 1.29 is 9.53 Å². The third-order valence-corrected chi connectivity index (χ3v) is 4.08. The molecule has 3 fully saturated rings. The van der Waals surface area contributed by atoms with Gasteiger partial charge < -0.3 is 14.5 Å². The molecule has 19 heavy (non-hydrogen) atoms. The maximum Gasteiger partial charge on any atom is 0.415 e. The number of carbonyl (C=O) groups excluding carboxylic acids is 1. The normalized spacial score (nSPS) is 26.1. The quantitative estimate of drug-likeness (QED) is 0.776. The smallest absolute Gasteiger partial charge is 0.410 e. The minimum absolute atomic E-state index is 0.195. The number of hydrogen-bond acceptors (Lipinski definition) is 3. The predicted octanol–water partition coefficient (Wildman–Crippen LogP) is 2.27. The molecule has 3 heterocycles. The van der Waals surface area contributed by atoms with E-state index in [1.165, 1.54) is 0 Å². The summed E-state index contributed by atoms with van der Waals surface area (Å²) in [5.41, 5.74) is 1.10. The molecule has 0 radical (unpaired) electrons. The molecule has 0 aromatic heterocycles. The first-order valence-corrected chi connectivity index (χ1v) is 7.00. The van der Waals surface area contributed by atoms with E-state index in [0.717, 1.165) is 44.6 Å². The van der Waals surface area contributed by atoms with Crippen LogP contribution in [0.4, 0.5) is 4.79 Å². The van der Waals surface area contributed by atoms with Gasteiger partial charge in [-0.25, -0.2) is 4.79 Å². The molecular weight excluding hydrogens is 240 g/mol. The van der Waals surface area contributed by atoms with E-state index in [-0.39, 0.29) is 6.09 Å². The molecule has 0 N–H and O–H groups in total. The molecule has 4 heteroatoms. The Kier molecular flexibility index (Phi) is 3.42. The molecule has 0 unspecified atom stereocenters. The summed E-state index contributed by atoms with van der Waals surface area (Å²) in [6.45, 7) is 5.98. The van der Waals surface area contributed by atoms with E-state index in [1.54, 1.807) is 0 Å². The molecule has 3 saturated heterocycles. The van der Waals surface area contributed by atoms with Crippen molar-refractivity contribution in [3.8, 4) is 5.75 Å². The van der Waals surface area contributed by atoms with Crippen LogP contribution < -0.4 is 4.74 Å². The first-order valence-electron chi connectivity index (χ1n) is 7.00. The number of piperidine rings is 1. The number of hydrogen-bond donors (Lipinski definition) is 0. The number of ether oxygens (including phenoxy) is 1. The summed E-state index contributed by atoms with van der Waals surface area (Å²) >= 11 is 0. The molecule has 1 aromatic carbocycles. The van der Waals surface area contributed by atoms with E-state index in [9.17, 15) is 4.79 Å². The number of amides is 1. The van der Waals surface area contributed by atoms with Crippen molar-refractivity contribution in [3.05, 3.63) is 29.8 Å². The van der Waals surface area contributed by atoms with E-state index in [4.69, 9.17) is 4.74 Å². The summed E-state index contributed by atoms with van der Waals surface area (Å²) in [6.07, 6.45) is 1.95. The third kappa shape index (κ3) is 2.73. The zero-order valence-corrected chi connectivity index (χ0v) is 11.3. The molecule has 0 atom stereocenters. The maximum atomic E-state index is 12.3. The SMILES string of the molecule is Cc1cccc(OC(=O)N2CCN3CCC2CC3)c1. The zero-order chi connectivity index (χ0) is 13.2. The third-order valence-electron chi connectivity index (χ3n) is 4.08. The topological polar surface area (TPSA) is 32.8 Å². The van der Waals surface area contributed by atoms with E-state index >= 15 is 0 Å². The van der Waals surface area contributed by atoms with E-state index < -0.39 is 0 Å². The molecule has 3 aliphatic rings. The van der Waals surface area contributed by atoms with Crippen LogP contribution in [0.1, 0.15) is 18.4 Å². The van der Waals surface area contributed by atoms with Gasteiger partial charge in [-0.1, -0.05) is 12.1 Å². The van der Waals surface area contributed by atoms with Crippen LogP contribution in [0.2, 0.25) is 0 Å². The van der Waals surface area contributed by atoms with E-state index in [2.05, 4.69) is 4.90 Å². The molecule has 0 saturated carbocycles. The molecule has 102 valence electrons. The minimum atomic E-state index is -0.195. The van der Waals surface area contributed by atoms with Crippen molar-refractivity contribution in [3.63, 3.8) is 0 Å². The molecule has 0 aliphatic carbocycles. The first-order chi connectivity index (χ1) is 9.22. The van der Waals surface area contributed by atoms with Crippen LogP contribution in [0.5, 0.6) is 5.75 Å². The molecular formula is C15H20N2O2. The highest BCUT2D eigenvalue weighted by atomic mass is 16.6. The van der Waals surface area contributed by atoms with Crippen LogP contribution in [0.15, 0.2) is 24.3 Å². The van der Waals surface area contributed by atoms with Crippen molar-refractivity contribution in [1.82, 2.24) is 9.80 Å². The summed E-state index contributed by atoms with van der Waals surface area (Å²) in [5.74, 6) is 0.643. The molecule has 4 nitrogen and oxygen atoms in total. The summed E-state index contributed by atoms with van der Waals surface area (Å²) in [7, 11) is 0. The zero-order valence-electron chi connectivity index (χ0n) is 11.3. The fourth-order valence-electron chi connectivity index (χ4n) is 2.96. The summed E-state index contributed by atoms with van der Waals surface area (Å²) < 4.78 is 5.51. The van der Waals surface area contributed by atoms with Crippen LogP contribution in [0, 0.1) is 6.92 Å². The van der Waals surface area contributed by atoms with Gasteiger partial charge in [0.1, 0.15) is 5.75 Å². The summed E-state index contributed by atoms with van der Waals surface area (Å²) in [4.78, 5) is 16.6. The average Bonchev–Trinajstić information content (AvgIpc) is 2.72. The van der Waals surface area contributed by atoms with Gasteiger partial charge in [-0.2, -0.15) is 0 Å². The predicted molar refractivity (Wildman–Crippen MR) is 73.4 cm³/mol. The lowest BCUT2D eigenvalue weighted by atomic mass is 10.1. The Morgan fingerprint density at radius 3 is 2.74 bits per heavy atom. The number of benzene rings is 1. The number of carbonyl (C=O) groups is 1. The lowest BCUT2D eigenvalue weighted by Gasteiger charge is -2.30. The number of rotatable bonds is 1. The Labute approximate surface area is 113 Å². The van der Waals surface area contributed by atoms with E-state index in [1.807, 2.05) is 36.1 Å². The monoisotopic (exact) mass is 260 g/mol. The van der Waals surface area contributed by atoms with Gasteiger partial charge in [0.15, 0.2) is 0 Å². The molecule has 0 spiro atoms. The number of nitrogens with zero attached hydrogens (tertiary/aromatic N) is 2. The average molecular weight is 260 g/mol. The second kappa shape index (κ2) is 5.21. The highest BCUT2D eigenvalue weighted by Gasteiger charge is 2.32. The summed E-state index contributed by atoms with van der Waals surface area (Å²) in [6, 6.07) is 8.01. The van der Waals surface area contributed by atoms with Crippen LogP contribution in [-0.4, -0.2) is 48.1 Å². The van der Waals surface area contributed by atoms with Gasteiger partial charge in [-0.05, 0) is 37.5 Å². The molecule has 1 aromatic rings. The standard InChI is InChI=1S/C15H20N2O2/c1-12-3-2-4-14(11-12)19-15(18)17-10-9-16-7-5-13(17)6-8-16/h2-4,11,13H,5-10H2,1H3. The minimum Gasteiger partial charge on any atom is -0.410 e. The Bertz CT molecular complexity index is 467. The van der Waals surface area contributed by atoms with Crippen LogP contribution in [-0.2, 0) is 0 Å². The molecule has 3 aliphatic heterocycles. The largest absolute Gasteiger partial charge is 0.415 e. The van der Waals surface area contributed by atoms with Gasteiger partial charge in [-0.15, -0.1) is 0 Å². The number of aryl methyl sites for hydroxylation is 1. The van der Waals surface area contributed by atoms with Gasteiger partial charge in [0.2, 0.25) is 0 Å². The molecule has 2 bridgehead atoms. The molecule has 1 amide bonds. The summed E-state index contributed by atoms with van der Waals surface area (Å²) in [5, 5.41) is 0.